The first-order chi connectivity index (χ1) is 16.2. The molecule has 0 aliphatic rings. The molecule has 0 amide bonds. The molecule has 1 heterocycles. The highest BCUT2D eigenvalue weighted by Gasteiger charge is 2.32. The van der Waals surface area contributed by atoms with Gasteiger partial charge in [0.1, 0.15) is 11.4 Å². The Morgan fingerprint density at radius 3 is 2.35 bits per heavy atom. The number of aryl methyl sites for hydroxylation is 2. The Morgan fingerprint density at radius 2 is 1.79 bits per heavy atom. The van der Waals surface area contributed by atoms with Gasteiger partial charge in [-0.1, -0.05) is 55.1 Å². The highest BCUT2D eigenvalue weighted by Crippen LogP contribution is 2.31. The molecule has 0 bridgehead atoms. The van der Waals surface area contributed by atoms with Gasteiger partial charge in [-0.15, -0.1) is 0 Å². The van der Waals surface area contributed by atoms with E-state index >= 15 is 0 Å². The Balaban J connectivity index is 1.88. The van der Waals surface area contributed by atoms with Crippen LogP contribution in [0.25, 0.3) is 0 Å². The molecule has 2 aromatic carbocycles. The van der Waals surface area contributed by atoms with Crippen molar-refractivity contribution in [2.24, 2.45) is 0 Å². The van der Waals surface area contributed by atoms with Crippen molar-refractivity contribution in [1.29, 1.82) is 0 Å². The van der Waals surface area contributed by atoms with E-state index in [9.17, 15) is 13.2 Å². The van der Waals surface area contributed by atoms with E-state index in [-0.39, 0.29) is 12.1 Å². The molecule has 0 saturated carbocycles. The third-order valence-electron chi connectivity index (χ3n) is 5.83. The number of rotatable bonds is 10. The standard InChI is InChI=1S/C27H30F3N3O/c1-18-16-22(12-14-24(18)34-4)23(13-10-20-11-15-25(32-17-20)27(28,29)30)33-26(19(2)31-3)21-8-6-5-7-9-21/h5-9,11-12,14-17,23,26,31,33H,2,10,13H2,1,3-4H3. The van der Waals surface area contributed by atoms with E-state index in [1.807, 2.05) is 56.4 Å². The zero-order chi connectivity index (χ0) is 24.7. The molecule has 2 N–H and O–H groups in total. The first-order valence-electron chi connectivity index (χ1n) is 11.1. The van der Waals surface area contributed by atoms with E-state index in [4.69, 9.17) is 4.74 Å². The molecule has 0 aliphatic heterocycles. The van der Waals surface area contributed by atoms with Gasteiger partial charge in [0.15, 0.2) is 0 Å². The monoisotopic (exact) mass is 469 g/mol. The van der Waals surface area contributed by atoms with E-state index < -0.39 is 11.9 Å². The van der Waals surface area contributed by atoms with Gasteiger partial charge in [0.05, 0.1) is 13.2 Å². The smallest absolute Gasteiger partial charge is 0.433 e. The van der Waals surface area contributed by atoms with E-state index in [1.54, 1.807) is 7.11 Å². The zero-order valence-electron chi connectivity index (χ0n) is 19.6. The van der Waals surface area contributed by atoms with Crippen LogP contribution in [0.15, 0.2) is 79.1 Å². The second kappa shape index (κ2) is 11.2. The summed E-state index contributed by atoms with van der Waals surface area (Å²) in [7, 11) is 3.47. The SMILES string of the molecule is C=C(NC)C(NC(CCc1ccc(C(F)(F)F)nc1)c1ccc(OC)c(C)c1)c1ccccc1. The third kappa shape index (κ3) is 6.38. The highest BCUT2D eigenvalue weighted by atomic mass is 19.4. The summed E-state index contributed by atoms with van der Waals surface area (Å²) in [5.74, 6) is 0.800. The second-order valence-electron chi connectivity index (χ2n) is 8.16. The third-order valence-corrected chi connectivity index (χ3v) is 5.83. The molecule has 4 nitrogen and oxygen atoms in total. The Bertz CT molecular complexity index is 1080. The van der Waals surface area contributed by atoms with Gasteiger partial charge in [-0.25, -0.2) is 0 Å². The Hall–Kier alpha value is -3.32. The molecule has 3 aromatic rings. The van der Waals surface area contributed by atoms with Crippen molar-refractivity contribution in [1.82, 2.24) is 15.6 Å². The first-order valence-corrected chi connectivity index (χ1v) is 11.1. The number of pyridine rings is 1. The Morgan fingerprint density at radius 1 is 1.06 bits per heavy atom. The van der Waals surface area contributed by atoms with Crippen molar-refractivity contribution in [2.75, 3.05) is 14.2 Å². The Kier molecular flexibility index (Phi) is 8.34. The fourth-order valence-corrected chi connectivity index (χ4v) is 3.90. The summed E-state index contributed by atoms with van der Waals surface area (Å²) >= 11 is 0. The maximum Gasteiger partial charge on any atom is 0.433 e. The average Bonchev–Trinajstić information content (AvgIpc) is 2.84. The number of halogens is 3. The summed E-state index contributed by atoms with van der Waals surface area (Å²) in [6.45, 7) is 6.17. The van der Waals surface area contributed by atoms with Gasteiger partial charge in [0, 0.05) is 25.0 Å². The van der Waals surface area contributed by atoms with Crippen molar-refractivity contribution >= 4 is 0 Å². The second-order valence-corrected chi connectivity index (χ2v) is 8.16. The maximum atomic E-state index is 12.9. The van der Waals surface area contributed by atoms with Crippen LogP contribution < -0.4 is 15.4 Å². The number of hydrogen-bond donors (Lipinski definition) is 2. The predicted octanol–water partition coefficient (Wildman–Crippen LogP) is 6.16. The van der Waals surface area contributed by atoms with Gasteiger partial charge < -0.3 is 10.1 Å². The lowest BCUT2D eigenvalue weighted by Crippen LogP contribution is -2.31. The lowest BCUT2D eigenvalue weighted by atomic mass is 9.95. The summed E-state index contributed by atoms with van der Waals surface area (Å²) in [5.41, 5.74) is 3.81. The van der Waals surface area contributed by atoms with Gasteiger partial charge in [-0.2, -0.15) is 13.2 Å². The topological polar surface area (TPSA) is 46.2 Å². The number of aromatic nitrogens is 1. The minimum Gasteiger partial charge on any atom is -0.496 e. The lowest BCUT2D eigenvalue weighted by molar-refractivity contribution is -0.141. The number of nitrogens with zero attached hydrogens (tertiary/aromatic N) is 1. The van der Waals surface area contributed by atoms with Gasteiger partial charge in [0.25, 0.3) is 0 Å². The van der Waals surface area contributed by atoms with E-state index in [1.165, 1.54) is 12.3 Å². The summed E-state index contributed by atoms with van der Waals surface area (Å²) in [4.78, 5) is 3.60. The number of hydrogen-bond acceptors (Lipinski definition) is 4. The molecule has 7 heteroatoms. The summed E-state index contributed by atoms with van der Waals surface area (Å²) < 4.78 is 44.0. The molecule has 0 radical (unpaired) electrons. The fraction of sp³-hybridized carbons (Fsp3) is 0.296. The van der Waals surface area contributed by atoms with Crippen molar-refractivity contribution in [3.05, 3.63) is 107 Å². The van der Waals surface area contributed by atoms with Crippen molar-refractivity contribution in [3.63, 3.8) is 0 Å². The average molecular weight is 470 g/mol. The van der Waals surface area contributed by atoms with Crippen LogP contribution in [0.3, 0.4) is 0 Å². The van der Waals surface area contributed by atoms with Crippen molar-refractivity contribution < 1.29 is 17.9 Å². The largest absolute Gasteiger partial charge is 0.496 e. The molecule has 0 aliphatic carbocycles. The minimum atomic E-state index is -4.44. The van der Waals surface area contributed by atoms with Crippen LogP contribution in [-0.4, -0.2) is 19.1 Å². The van der Waals surface area contributed by atoms with Crippen molar-refractivity contribution in [2.45, 2.75) is 38.0 Å². The number of alkyl halides is 3. The van der Waals surface area contributed by atoms with E-state index in [0.29, 0.717) is 12.8 Å². The number of benzene rings is 2. The number of likely N-dealkylation sites (N-methyl/N-ethyl adjacent to an activating group) is 1. The van der Waals surface area contributed by atoms with Crippen LogP contribution in [0.1, 0.15) is 46.5 Å². The van der Waals surface area contributed by atoms with Gasteiger partial charge >= 0.3 is 6.18 Å². The minimum absolute atomic E-state index is 0.0952. The van der Waals surface area contributed by atoms with Crippen LogP contribution >= 0.6 is 0 Å². The van der Waals surface area contributed by atoms with Crippen LogP contribution in [0, 0.1) is 6.92 Å². The quantitative estimate of drug-likeness (QED) is 0.374. The van der Waals surface area contributed by atoms with Crippen LogP contribution in [-0.2, 0) is 12.6 Å². The number of ether oxygens (including phenoxy) is 1. The fourth-order valence-electron chi connectivity index (χ4n) is 3.90. The zero-order valence-corrected chi connectivity index (χ0v) is 19.6. The van der Waals surface area contributed by atoms with Gasteiger partial charge in [-0.05, 0) is 54.2 Å². The molecular formula is C27H30F3N3O. The molecule has 0 fully saturated rings. The van der Waals surface area contributed by atoms with Crippen LogP contribution in [0.2, 0.25) is 0 Å². The first kappa shape index (κ1) is 25.3. The van der Waals surface area contributed by atoms with Crippen LogP contribution in [0.5, 0.6) is 5.75 Å². The molecule has 3 rings (SSSR count). The summed E-state index contributed by atoms with van der Waals surface area (Å²) in [5, 5.41) is 6.86. The summed E-state index contributed by atoms with van der Waals surface area (Å²) in [6, 6.07) is 18.3. The van der Waals surface area contributed by atoms with Gasteiger partial charge in [0.2, 0.25) is 0 Å². The van der Waals surface area contributed by atoms with Crippen LogP contribution in [0.4, 0.5) is 13.2 Å². The normalized spacial score (nSPS) is 13.2. The molecule has 34 heavy (non-hydrogen) atoms. The predicted molar refractivity (Wildman–Crippen MR) is 129 cm³/mol. The highest BCUT2D eigenvalue weighted by molar-refractivity contribution is 5.38. The van der Waals surface area contributed by atoms with Crippen molar-refractivity contribution in [3.8, 4) is 5.75 Å². The molecule has 0 saturated heterocycles. The maximum absolute atomic E-state index is 12.9. The molecule has 180 valence electrons. The lowest BCUT2D eigenvalue weighted by Gasteiger charge is -2.28. The number of nitrogens with one attached hydrogen (secondary N) is 2. The van der Waals surface area contributed by atoms with E-state index in [2.05, 4.69) is 28.3 Å². The van der Waals surface area contributed by atoms with Gasteiger partial charge in [-0.3, -0.25) is 10.3 Å². The molecular weight excluding hydrogens is 439 g/mol. The Labute approximate surface area is 198 Å². The molecule has 1 aromatic heterocycles. The summed E-state index contributed by atoms with van der Waals surface area (Å²) in [6.07, 6.45) is -1.93. The molecule has 2 unspecified atom stereocenters. The van der Waals surface area contributed by atoms with E-state index in [0.717, 1.165) is 39.8 Å². The number of methoxy groups -OCH3 is 1. The molecule has 2 atom stereocenters. The molecule has 0 spiro atoms.